The zero-order valence-corrected chi connectivity index (χ0v) is 19.5. The summed E-state index contributed by atoms with van der Waals surface area (Å²) in [7, 11) is 0. The Kier molecular flexibility index (Phi) is 5.82. The van der Waals surface area contributed by atoms with E-state index >= 15 is 0 Å². The molecule has 4 rings (SSSR count). The zero-order valence-electron chi connectivity index (χ0n) is 19.5. The topological polar surface area (TPSA) is 37.3 Å². The molecule has 4 aliphatic carbocycles. The van der Waals surface area contributed by atoms with Crippen molar-refractivity contribution in [3.63, 3.8) is 0 Å². The molecule has 8 atom stereocenters. The van der Waals surface area contributed by atoms with E-state index < -0.39 is 0 Å². The standard InChI is InChI=1S/C27H44O2/c1-17(2)7-6-8-18(3)23-16-24(29)25-21-10-9-19-15-20(28)11-13-26(19,4)22(21)12-14-27(23,25)5/h9,17-18,20-23,25,28H,6-8,10-16H2,1-5H3/t18?,20-,21+,22-,23+,25+,26-,27+/m0/s1. The second-order valence-corrected chi connectivity index (χ2v) is 12.2. The first-order valence-electron chi connectivity index (χ1n) is 12.6. The Hall–Kier alpha value is -0.630. The molecule has 164 valence electrons. The summed E-state index contributed by atoms with van der Waals surface area (Å²) < 4.78 is 0. The lowest BCUT2D eigenvalue weighted by molar-refractivity contribution is -0.130. The molecule has 0 amide bonds. The Labute approximate surface area is 178 Å². The fraction of sp³-hybridized carbons (Fsp3) is 0.889. The molecule has 0 radical (unpaired) electrons. The second-order valence-electron chi connectivity index (χ2n) is 12.2. The molecule has 0 aromatic carbocycles. The predicted molar refractivity (Wildman–Crippen MR) is 119 cm³/mol. The molecule has 0 heterocycles. The van der Waals surface area contributed by atoms with E-state index in [1.54, 1.807) is 0 Å². The van der Waals surface area contributed by atoms with Gasteiger partial charge in [0.05, 0.1) is 6.10 Å². The maximum atomic E-state index is 13.4. The van der Waals surface area contributed by atoms with Crippen LogP contribution in [0.1, 0.15) is 98.8 Å². The van der Waals surface area contributed by atoms with Gasteiger partial charge < -0.3 is 5.11 Å². The fourth-order valence-electron chi connectivity index (χ4n) is 8.38. The summed E-state index contributed by atoms with van der Waals surface area (Å²) in [6.45, 7) is 12.0. The van der Waals surface area contributed by atoms with Crippen molar-refractivity contribution in [2.75, 3.05) is 0 Å². The van der Waals surface area contributed by atoms with Gasteiger partial charge in [0.2, 0.25) is 0 Å². The molecule has 0 aromatic rings. The molecule has 0 saturated heterocycles. The van der Waals surface area contributed by atoms with E-state index in [1.807, 2.05) is 0 Å². The normalized spacial score (nSPS) is 45.4. The van der Waals surface area contributed by atoms with Crippen LogP contribution in [0.4, 0.5) is 0 Å². The Bertz CT molecular complexity index is 663. The highest BCUT2D eigenvalue weighted by molar-refractivity contribution is 5.85. The van der Waals surface area contributed by atoms with Crippen LogP contribution in [0.25, 0.3) is 0 Å². The van der Waals surface area contributed by atoms with E-state index in [2.05, 4.69) is 40.7 Å². The first kappa shape index (κ1) is 21.6. The Morgan fingerprint density at radius 2 is 1.86 bits per heavy atom. The van der Waals surface area contributed by atoms with Gasteiger partial charge in [0.25, 0.3) is 0 Å². The minimum atomic E-state index is -0.149. The van der Waals surface area contributed by atoms with Gasteiger partial charge in [-0.05, 0) is 78.9 Å². The monoisotopic (exact) mass is 400 g/mol. The summed E-state index contributed by atoms with van der Waals surface area (Å²) in [5.74, 6) is 4.08. The minimum Gasteiger partial charge on any atom is -0.393 e. The third-order valence-corrected chi connectivity index (χ3v) is 10.0. The highest BCUT2D eigenvalue weighted by Gasteiger charge is 2.62. The summed E-state index contributed by atoms with van der Waals surface area (Å²) in [6.07, 6.45) is 13.5. The van der Waals surface area contributed by atoms with Crippen LogP contribution in [-0.4, -0.2) is 17.0 Å². The van der Waals surface area contributed by atoms with Crippen LogP contribution < -0.4 is 0 Å². The largest absolute Gasteiger partial charge is 0.393 e. The third-order valence-electron chi connectivity index (χ3n) is 10.0. The van der Waals surface area contributed by atoms with Gasteiger partial charge in [-0.1, -0.05) is 65.5 Å². The molecule has 3 fully saturated rings. The number of fused-ring (bicyclic) bond motifs is 5. The van der Waals surface area contributed by atoms with Gasteiger partial charge in [-0.15, -0.1) is 0 Å². The first-order chi connectivity index (χ1) is 13.7. The average molecular weight is 401 g/mol. The van der Waals surface area contributed by atoms with Crippen LogP contribution in [0.5, 0.6) is 0 Å². The van der Waals surface area contributed by atoms with E-state index in [9.17, 15) is 9.90 Å². The predicted octanol–water partition coefficient (Wildman–Crippen LogP) is 6.57. The SMILES string of the molecule is CC(C)CCCC(C)[C@H]1CC(=O)[C@H]2[C@@H]3CC=C4C[C@@H](O)CC[C@]4(C)[C@H]3CC[C@]12C. The van der Waals surface area contributed by atoms with Crippen LogP contribution in [0, 0.1) is 46.3 Å². The Morgan fingerprint density at radius 1 is 1.10 bits per heavy atom. The van der Waals surface area contributed by atoms with Crippen LogP contribution in [0.2, 0.25) is 0 Å². The van der Waals surface area contributed by atoms with Crippen molar-refractivity contribution < 1.29 is 9.90 Å². The van der Waals surface area contributed by atoms with Gasteiger partial charge >= 0.3 is 0 Å². The van der Waals surface area contributed by atoms with Crippen molar-refractivity contribution in [1.29, 1.82) is 0 Å². The lowest BCUT2D eigenvalue weighted by Crippen LogP contribution is -2.52. The van der Waals surface area contributed by atoms with Crippen LogP contribution in [-0.2, 0) is 4.79 Å². The fourth-order valence-corrected chi connectivity index (χ4v) is 8.38. The smallest absolute Gasteiger partial charge is 0.137 e. The molecule has 3 saturated carbocycles. The third kappa shape index (κ3) is 3.56. The molecule has 4 aliphatic rings. The van der Waals surface area contributed by atoms with Crippen molar-refractivity contribution in [3.05, 3.63) is 11.6 Å². The molecular formula is C27H44O2. The number of carbonyl (C=O) groups is 1. The highest BCUT2D eigenvalue weighted by atomic mass is 16.3. The van der Waals surface area contributed by atoms with Crippen molar-refractivity contribution >= 4 is 5.78 Å². The summed E-state index contributed by atoms with van der Waals surface area (Å²) >= 11 is 0. The van der Waals surface area contributed by atoms with Gasteiger partial charge in [-0.3, -0.25) is 4.79 Å². The molecular weight excluding hydrogens is 356 g/mol. The number of Topliss-reactive ketones (excluding diaryl/α,β-unsaturated/α-hetero) is 1. The van der Waals surface area contributed by atoms with E-state index in [-0.39, 0.29) is 22.9 Å². The number of carbonyl (C=O) groups excluding carboxylic acids is 1. The summed E-state index contributed by atoms with van der Waals surface area (Å²) in [5, 5.41) is 10.2. The maximum Gasteiger partial charge on any atom is 0.137 e. The maximum absolute atomic E-state index is 13.4. The summed E-state index contributed by atoms with van der Waals surface area (Å²) in [6, 6.07) is 0. The molecule has 0 aliphatic heterocycles. The molecule has 0 bridgehead atoms. The number of rotatable bonds is 5. The first-order valence-corrected chi connectivity index (χ1v) is 12.6. The van der Waals surface area contributed by atoms with Crippen LogP contribution in [0.3, 0.4) is 0 Å². The molecule has 2 heteroatoms. The molecule has 1 N–H and O–H groups in total. The summed E-state index contributed by atoms with van der Waals surface area (Å²) in [5.41, 5.74) is 1.95. The number of ketones is 1. The lowest BCUT2D eigenvalue weighted by atomic mass is 9.47. The van der Waals surface area contributed by atoms with Crippen LogP contribution >= 0.6 is 0 Å². The molecule has 1 unspecified atom stereocenters. The van der Waals surface area contributed by atoms with E-state index in [0.29, 0.717) is 29.5 Å². The van der Waals surface area contributed by atoms with E-state index in [0.717, 1.165) is 38.0 Å². The minimum absolute atomic E-state index is 0.149. The highest BCUT2D eigenvalue weighted by Crippen LogP contribution is 2.66. The van der Waals surface area contributed by atoms with Crippen molar-refractivity contribution in [1.82, 2.24) is 0 Å². The Morgan fingerprint density at radius 3 is 2.59 bits per heavy atom. The van der Waals surface area contributed by atoms with Crippen molar-refractivity contribution in [3.8, 4) is 0 Å². The van der Waals surface area contributed by atoms with Crippen molar-refractivity contribution in [2.45, 2.75) is 105 Å². The Balaban J connectivity index is 1.54. The van der Waals surface area contributed by atoms with Crippen molar-refractivity contribution in [2.24, 2.45) is 46.3 Å². The molecule has 2 nitrogen and oxygen atoms in total. The van der Waals surface area contributed by atoms with E-state index in [4.69, 9.17) is 0 Å². The molecule has 0 aromatic heterocycles. The van der Waals surface area contributed by atoms with Gasteiger partial charge in [0.15, 0.2) is 0 Å². The second kappa shape index (κ2) is 7.81. The number of aliphatic hydroxyl groups is 1. The van der Waals surface area contributed by atoms with Gasteiger partial charge in [0.1, 0.15) is 5.78 Å². The number of aliphatic hydroxyl groups excluding tert-OH is 1. The van der Waals surface area contributed by atoms with Gasteiger partial charge in [0, 0.05) is 12.3 Å². The number of allylic oxidation sites excluding steroid dienone is 1. The number of hydrogen-bond acceptors (Lipinski definition) is 2. The van der Waals surface area contributed by atoms with E-state index in [1.165, 1.54) is 37.7 Å². The molecule has 29 heavy (non-hydrogen) atoms. The summed E-state index contributed by atoms with van der Waals surface area (Å²) in [4.78, 5) is 13.4. The average Bonchev–Trinajstić information content (AvgIpc) is 2.93. The lowest BCUT2D eigenvalue weighted by Gasteiger charge is -2.57. The van der Waals surface area contributed by atoms with Gasteiger partial charge in [-0.2, -0.15) is 0 Å². The van der Waals surface area contributed by atoms with Gasteiger partial charge in [-0.25, -0.2) is 0 Å². The zero-order chi connectivity index (χ0) is 21.0. The van der Waals surface area contributed by atoms with Crippen LogP contribution in [0.15, 0.2) is 11.6 Å². The quantitative estimate of drug-likeness (QED) is 0.530. The molecule has 0 spiro atoms. The number of hydrogen-bond donors (Lipinski definition) is 1.